The minimum absolute atomic E-state index is 0.0700. The SMILES string of the molecule is CO[C@@]1(C)CCCN(Cc2ccc3c(c2)CCO3)CC1. The van der Waals surface area contributed by atoms with Crippen LogP contribution in [-0.2, 0) is 17.7 Å². The number of ether oxygens (including phenoxy) is 2. The highest BCUT2D eigenvalue weighted by molar-refractivity contribution is 5.39. The van der Waals surface area contributed by atoms with Crippen molar-refractivity contribution in [3.8, 4) is 5.75 Å². The van der Waals surface area contributed by atoms with Gasteiger partial charge in [0.2, 0.25) is 0 Å². The van der Waals surface area contributed by atoms with Gasteiger partial charge in [-0.15, -0.1) is 0 Å². The summed E-state index contributed by atoms with van der Waals surface area (Å²) in [5, 5.41) is 0. The Bertz CT molecular complexity index is 474. The van der Waals surface area contributed by atoms with Gasteiger partial charge in [0.15, 0.2) is 0 Å². The molecule has 20 heavy (non-hydrogen) atoms. The van der Waals surface area contributed by atoms with Gasteiger partial charge in [0.1, 0.15) is 5.75 Å². The van der Waals surface area contributed by atoms with Gasteiger partial charge in [-0.2, -0.15) is 0 Å². The molecule has 0 aromatic heterocycles. The molecule has 2 aliphatic rings. The lowest BCUT2D eigenvalue weighted by molar-refractivity contribution is -0.00583. The Morgan fingerprint density at radius 1 is 1.30 bits per heavy atom. The first-order valence-electron chi connectivity index (χ1n) is 7.71. The topological polar surface area (TPSA) is 21.7 Å². The molecule has 3 nitrogen and oxygen atoms in total. The van der Waals surface area contributed by atoms with E-state index >= 15 is 0 Å². The molecule has 0 amide bonds. The summed E-state index contributed by atoms with van der Waals surface area (Å²) in [5.41, 5.74) is 2.86. The van der Waals surface area contributed by atoms with Gasteiger partial charge >= 0.3 is 0 Å². The summed E-state index contributed by atoms with van der Waals surface area (Å²) in [6, 6.07) is 6.67. The molecule has 0 aliphatic carbocycles. The number of fused-ring (bicyclic) bond motifs is 1. The normalized spacial score (nSPS) is 26.9. The van der Waals surface area contributed by atoms with E-state index in [0.29, 0.717) is 0 Å². The number of benzene rings is 1. The average Bonchev–Trinajstić information content (AvgIpc) is 2.84. The predicted molar refractivity (Wildman–Crippen MR) is 80.2 cm³/mol. The van der Waals surface area contributed by atoms with Crippen LogP contribution in [0.1, 0.15) is 37.3 Å². The van der Waals surface area contributed by atoms with E-state index in [1.807, 2.05) is 7.11 Å². The van der Waals surface area contributed by atoms with E-state index in [9.17, 15) is 0 Å². The van der Waals surface area contributed by atoms with Crippen molar-refractivity contribution in [2.45, 2.75) is 44.8 Å². The zero-order chi connectivity index (χ0) is 14.0. The number of methoxy groups -OCH3 is 1. The summed E-state index contributed by atoms with van der Waals surface area (Å²) in [5.74, 6) is 1.08. The molecule has 3 rings (SSSR count). The number of nitrogens with zero attached hydrogens (tertiary/aromatic N) is 1. The number of rotatable bonds is 3. The average molecular weight is 275 g/mol. The van der Waals surface area contributed by atoms with Crippen molar-refractivity contribution < 1.29 is 9.47 Å². The molecule has 2 aliphatic heterocycles. The summed E-state index contributed by atoms with van der Waals surface area (Å²) < 4.78 is 11.2. The molecule has 1 aromatic rings. The maximum absolute atomic E-state index is 5.67. The fourth-order valence-corrected chi connectivity index (χ4v) is 3.27. The lowest BCUT2D eigenvalue weighted by Gasteiger charge is -2.26. The summed E-state index contributed by atoms with van der Waals surface area (Å²) in [7, 11) is 1.84. The number of hydrogen-bond donors (Lipinski definition) is 0. The minimum atomic E-state index is 0.0700. The second-order valence-corrected chi connectivity index (χ2v) is 6.32. The summed E-state index contributed by atoms with van der Waals surface area (Å²) in [6.07, 6.45) is 4.57. The first-order chi connectivity index (χ1) is 9.68. The van der Waals surface area contributed by atoms with Gasteiger partial charge in [-0.3, -0.25) is 4.90 Å². The van der Waals surface area contributed by atoms with Crippen LogP contribution in [-0.4, -0.2) is 37.3 Å². The van der Waals surface area contributed by atoms with Gasteiger partial charge in [-0.25, -0.2) is 0 Å². The lowest BCUT2D eigenvalue weighted by atomic mass is 9.97. The molecule has 1 aromatic carbocycles. The molecule has 0 saturated carbocycles. The Balaban J connectivity index is 1.63. The first kappa shape index (κ1) is 13.9. The first-order valence-corrected chi connectivity index (χ1v) is 7.71. The Hall–Kier alpha value is -1.06. The highest BCUT2D eigenvalue weighted by Crippen LogP contribution is 2.28. The second kappa shape index (κ2) is 5.74. The van der Waals surface area contributed by atoms with Crippen LogP contribution in [0.25, 0.3) is 0 Å². The van der Waals surface area contributed by atoms with Gasteiger partial charge in [0, 0.05) is 26.6 Å². The van der Waals surface area contributed by atoms with Crippen LogP contribution in [0.3, 0.4) is 0 Å². The molecule has 0 N–H and O–H groups in total. The highest BCUT2D eigenvalue weighted by atomic mass is 16.5. The van der Waals surface area contributed by atoms with Crippen molar-refractivity contribution in [3.63, 3.8) is 0 Å². The Morgan fingerprint density at radius 3 is 3.05 bits per heavy atom. The molecule has 3 heteroatoms. The van der Waals surface area contributed by atoms with Crippen LogP contribution in [0.2, 0.25) is 0 Å². The van der Waals surface area contributed by atoms with E-state index in [1.54, 1.807) is 0 Å². The standard InChI is InChI=1S/C17H25NO2/c1-17(19-2)7-3-9-18(10-8-17)13-14-4-5-16-15(12-14)6-11-20-16/h4-5,12H,3,6-11,13H2,1-2H3/t17-/m0/s1. The van der Waals surface area contributed by atoms with Gasteiger partial charge in [0.25, 0.3) is 0 Å². The maximum atomic E-state index is 5.67. The molecule has 0 unspecified atom stereocenters. The van der Waals surface area contributed by atoms with Gasteiger partial charge in [-0.05, 0) is 49.9 Å². The van der Waals surface area contributed by atoms with Crippen LogP contribution < -0.4 is 4.74 Å². The van der Waals surface area contributed by atoms with E-state index in [0.717, 1.165) is 44.7 Å². The zero-order valence-corrected chi connectivity index (χ0v) is 12.7. The zero-order valence-electron chi connectivity index (χ0n) is 12.7. The van der Waals surface area contributed by atoms with Crippen LogP contribution in [0.4, 0.5) is 0 Å². The van der Waals surface area contributed by atoms with Crippen molar-refractivity contribution in [1.29, 1.82) is 0 Å². The molecule has 0 spiro atoms. The van der Waals surface area contributed by atoms with Crippen molar-refractivity contribution in [2.24, 2.45) is 0 Å². The van der Waals surface area contributed by atoms with E-state index in [4.69, 9.17) is 9.47 Å². The molecule has 0 radical (unpaired) electrons. The van der Waals surface area contributed by atoms with Gasteiger partial charge in [-0.1, -0.05) is 12.1 Å². The molecule has 2 heterocycles. The third-order valence-corrected chi connectivity index (χ3v) is 4.79. The molecule has 0 bridgehead atoms. The Kier molecular flexibility index (Phi) is 3.99. The van der Waals surface area contributed by atoms with Crippen LogP contribution >= 0.6 is 0 Å². The van der Waals surface area contributed by atoms with Gasteiger partial charge in [0.05, 0.1) is 12.2 Å². The molecule has 1 atom stereocenters. The van der Waals surface area contributed by atoms with Gasteiger partial charge < -0.3 is 9.47 Å². The third-order valence-electron chi connectivity index (χ3n) is 4.79. The minimum Gasteiger partial charge on any atom is -0.493 e. The summed E-state index contributed by atoms with van der Waals surface area (Å²) >= 11 is 0. The summed E-state index contributed by atoms with van der Waals surface area (Å²) in [6.45, 7) is 6.43. The van der Waals surface area contributed by atoms with E-state index in [1.165, 1.54) is 24.1 Å². The fourth-order valence-electron chi connectivity index (χ4n) is 3.27. The van der Waals surface area contributed by atoms with Crippen molar-refractivity contribution in [3.05, 3.63) is 29.3 Å². The van der Waals surface area contributed by atoms with E-state index < -0.39 is 0 Å². The largest absolute Gasteiger partial charge is 0.493 e. The number of likely N-dealkylation sites (tertiary alicyclic amines) is 1. The fraction of sp³-hybridized carbons (Fsp3) is 0.647. The quantitative estimate of drug-likeness (QED) is 0.846. The number of hydrogen-bond acceptors (Lipinski definition) is 3. The maximum Gasteiger partial charge on any atom is 0.122 e. The third kappa shape index (κ3) is 2.99. The Labute approximate surface area is 121 Å². The van der Waals surface area contributed by atoms with E-state index in [2.05, 4.69) is 30.0 Å². The smallest absolute Gasteiger partial charge is 0.122 e. The van der Waals surface area contributed by atoms with Crippen molar-refractivity contribution in [2.75, 3.05) is 26.8 Å². The Morgan fingerprint density at radius 2 is 2.20 bits per heavy atom. The molecule has 1 saturated heterocycles. The summed E-state index contributed by atoms with van der Waals surface area (Å²) in [4.78, 5) is 2.56. The lowest BCUT2D eigenvalue weighted by Crippen LogP contribution is -2.30. The van der Waals surface area contributed by atoms with Crippen molar-refractivity contribution in [1.82, 2.24) is 4.90 Å². The highest BCUT2D eigenvalue weighted by Gasteiger charge is 2.27. The van der Waals surface area contributed by atoms with Crippen LogP contribution in [0.5, 0.6) is 5.75 Å². The predicted octanol–water partition coefficient (Wildman–Crippen LogP) is 3.01. The molecular formula is C17H25NO2. The van der Waals surface area contributed by atoms with Crippen LogP contribution in [0, 0.1) is 0 Å². The second-order valence-electron chi connectivity index (χ2n) is 6.32. The van der Waals surface area contributed by atoms with E-state index in [-0.39, 0.29) is 5.60 Å². The molecular weight excluding hydrogens is 250 g/mol. The monoisotopic (exact) mass is 275 g/mol. The molecule has 110 valence electrons. The molecule has 1 fully saturated rings. The van der Waals surface area contributed by atoms with Crippen LogP contribution in [0.15, 0.2) is 18.2 Å². The van der Waals surface area contributed by atoms with Crippen molar-refractivity contribution >= 4 is 0 Å².